The molecular formula is C5H7NO4. The first-order chi connectivity index (χ1) is 4.77. The van der Waals surface area contributed by atoms with E-state index in [4.69, 9.17) is 0 Å². The van der Waals surface area contributed by atoms with Gasteiger partial charge >= 0.3 is 5.88 Å². The molecule has 0 saturated carbocycles. The molecule has 0 aliphatic heterocycles. The summed E-state index contributed by atoms with van der Waals surface area (Å²) in [5.74, 6) is 0.212. The fourth-order valence-corrected chi connectivity index (χ4v) is 0.536. The quantitative estimate of drug-likeness (QED) is 0.546. The molecule has 10 heavy (non-hydrogen) atoms. The topological polar surface area (TPSA) is 58.5 Å². The van der Waals surface area contributed by atoms with Crippen LogP contribution >= 0.6 is 0 Å². The first-order valence-electron chi connectivity index (χ1n) is 2.59. The minimum Gasteiger partial charge on any atom is -0.485 e. The number of aromatic nitrogens is 1. The molecule has 0 aliphatic carbocycles. The SMILES string of the molecule is COc1cc(OC)[n+]([O-])o1. The van der Waals surface area contributed by atoms with Gasteiger partial charge in [-0.05, 0) is 0 Å². The highest BCUT2D eigenvalue weighted by Crippen LogP contribution is 2.14. The average Bonchev–Trinajstić information content (AvgIpc) is 2.30. The average molecular weight is 145 g/mol. The fraction of sp³-hybridized carbons (Fsp3) is 0.400. The van der Waals surface area contributed by atoms with E-state index in [2.05, 4.69) is 14.0 Å². The van der Waals surface area contributed by atoms with Crippen LogP contribution in [0.1, 0.15) is 0 Å². The van der Waals surface area contributed by atoms with E-state index in [0.717, 1.165) is 0 Å². The molecule has 0 atom stereocenters. The standard InChI is InChI=1S/C5H7NO4/c1-8-4-3-5(9-2)10-6(4)7/h3H,1-2H3. The van der Waals surface area contributed by atoms with Crippen LogP contribution in [-0.2, 0) is 0 Å². The van der Waals surface area contributed by atoms with Crippen molar-refractivity contribution in [3.8, 4) is 11.8 Å². The zero-order valence-corrected chi connectivity index (χ0v) is 5.66. The number of ether oxygens (including phenoxy) is 2. The summed E-state index contributed by atoms with van der Waals surface area (Å²) in [6, 6.07) is 1.35. The van der Waals surface area contributed by atoms with Crippen LogP contribution in [0.15, 0.2) is 10.6 Å². The lowest BCUT2D eigenvalue weighted by Crippen LogP contribution is -2.24. The maximum atomic E-state index is 10.6. The van der Waals surface area contributed by atoms with Gasteiger partial charge in [0.2, 0.25) is 5.95 Å². The van der Waals surface area contributed by atoms with Crippen molar-refractivity contribution >= 4 is 0 Å². The molecule has 1 aromatic rings. The van der Waals surface area contributed by atoms with Crippen LogP contribution in [0.4, 0.5) is 0 Å². The largest absolute Gasteiger partial charge is 0.485 e. The zero-order chi connectivity index (χ0) is 7.56. The van der Waals surface area contributed by atoms with Gasteiger partial charge in [-0.15, -0.1) is 0 Å². The van der Waals surface area contributed by atoms with Gasteiger partial charge in [0.15, 0.2) is 0 Å². The lowest BCUT2D eigenvalue weighted by molar-refractivity contribution is -0.795. The third-order valence-electron chi connectivity index (χ3n) is 1.00. The molecule has 1 heterocycles. The number of nitrogens with zero attached hydrogens (tertiary/aromatic N) is 1. The Bertz CT molecular complexity index is 219. The van der Waals surface area contributed by atoms with E-state index in [1.54, 1.807) is 0 Å². The van der Waals surface area contributed by atoms with Gasteiger partial charge in [-0.1, -0.05) is 0 Å². The molecule has 0 N–H and O–H groups in total. The van der Waals surface area contributed by atoms with E-state index in [1.165, 1.54) is 20.3 Å². The molecular weight excluding hydrogens is 138 g/mol. The number of rotatable bonds is 2. The van der Waals surface area contributed by atoms with E-state index in [0.29, 0.717) is 0 Å². The van der Waals surface area contributed by atoms with Gasteiger partial charge in [-0.3, -0.25) is 5.21 Å². The summed E-state index contributed by atoms with van der Waals surface area (Å²) in [6.07, 6.45) is 0. The Balaban J connectivity index is 2.92. The minimum absolute atomic E-state index is 0.0804. The molecule has 0 bridgehead atoms. The van der Waals surface area contributed by atoms with Crippen LogP contribution in [0.2, 0.25) is 0 Å². The third kappa shape index (κ3) is 0.975. The monoisotopic (exact) mass is 145 g/mol. The summed E-state index contributed by atoms with van der Waals surface area (Å²) < 4.78 is 13.7. The van der Waals surface area contributed by atoms with Gasteiger partial charge in [0.1, 0.15) is 6.07 Å². The Morgan fingerprint density at radius 1 is 1.50 bits per heavy atom. The Morgan fingerprint density at radius 3 is 2.50 bits per heavy atom. The van der Waals surface area contributed by atoms with E-state index in [-0.39, 0.29) is 16.7 Å². The second kappa shape index (κ2) is 2.47. The van der Waals surface area contributed by atoms with Crippen LogP contribution in [0.3, 0.4) is 0 Å². The first kappa shape index (κ1) is 6.73. The predicted octanol–water partition coefficient (Wildman–Crippen LogP) is -0.0698. The molecule has 56 valence electrons. The molecule has 0 spiro atoms. The van der Waals surface area contributed by atoms with Crippen molar-refractivity contribution in [2.24, 2.45) is 0 Å². The molecule has 5 nitrogen and oxygen atoms in total. The van der Waals surface area contributed by atoms with Crippen LogP contribution in [0.5, 0.6) is 11.8 Å². The first-order valence-corrected chi connectivity index (χ1v) is 2.59. The minimum atomic E-state index is 0.0804. The van der Waals surface area contributed by atoms with Crippen molar-refractivity contribution in [1.29, 1.82) is 0 Å². The van der Waals surface area contributed by atoms with Crippen molar-refractivity contribution in [3.05, 3.63) is 11.3 Å². The summed E-state index contributed by atoms with van der Waals surface area (Å²) in [6.45, 7) is 0. The van der Waals surface area contributed by atoms with Crippen LogP contribution in [0.25, 0.3) is 0 Å². The van der Waals surface area contributed by atoms with Crippen LogP contribution in [0, 0.1) is 5.21 Å². The van der Waals surface area contributed by atoms with Crippen molar-refractivity contribution in [3.63, 3.8) is 0 Å². The zero-order valence-electron chi connectivity index (χ0n) is 5.66. The molecule has 0 aliphatic rings. The van der Waals surface area contributed by atoms with Crippen LogP contribution in [-0.4, -0.2) is 14.2 Å². The summed E-state index contributed by atoms with van der Waals surface area (Å²) in [4.78, 5) is 0.235. The molecule has 0 radical (unpaired) electrons. The predicted molar refractivity (Wildman–Crippen MR) is 30.8 cm³/mol. The lowest BCUT2D eigenvalue weighted by atomic mass is 10.7. The van der Waals surface area contributed by atoms with E-state index in [9.17, 15) is 5.21 Å². The molecule has 0 amide bonds. The molecule has 0 fully saturated rings. The number of hydrogen-bond donors (Lipinski definition) is 0. The van der Waals surface area contributed by atoms with E-state index >= 15 is 0 Å². The Hall–Kier alpha value is -1.39. The van der Waals surface area contributed by atoms with Crippen molar-refractivity contribution < 1.29 is 18.9 Å². The van der Waals surface area contributed by atoms with Gasteiger partial charge in [0.05, 0.1) is 19.1 Å². The highest BCUT2D eigenvalue weighted by molar-refractivity contribution is 5.10. The fourth-order valence-electron chi connectivity index (χ4n) is 0.536. The van der Waals surface area contributed by atoms with E-state index in [1.807, 2.05) is 0 Å². The maximum Gasteiger partial charge on any atom is 0.431 e. The summed E-state index contributed by atoms with van der Waals surface area (Å²) in [7, 11) is 2.77. The molecule has 0 saturated heterocycles. The molecule has 1 aromatic heterocycles. The lowest BCUT2D eigenvalue weighted by Gasteiger charge is -1.88. The normalized spacial score (nSPS) is 9.40. The van der Waals surface area contributed by atoms with Gasteiger partial charge in [0.25, 0.3) is 0 Å². The van der Waals surface area contributed by atoms with Gasteiger partial charge in [0, 0.05) is 0 Å². The summed E-state index contributed by atoms with van der Waals surface area (Å²) in [5.41, 5.74) is 0. The van der Waals surface area contributed by atoms with Gasteiger partial charge in [-0.25, -0.2) is 0 Å². The van der Waals surface area contributed by atoms with Crippen molar-refractivity contribution in [1.82, 2.24) is 0 Å². The molecule has 0 aromatic carbocycles. The Morgan fingerprint density at radius 2 is 2.20 bits per heavy atom. The maximum absolute atomic E-state index is 10.6. The van der Waals surface area contributed by atoms with E-state index < -0.39 is 0 Å². The third-order valence-corrected chi connectivity index (χ3v) is 1.00. The second-order valence-corrected chi connectivity index (χ2v) is 1.56. The molecule has 0 unspecified atom stereocenters. The highest BCUT2D eigenvalue weighted by Gasteiger charge is 2.11. The van der Waals surface area contributed by atoms with Crippen molar-refractivity contribution in [2.45, 2.75) is 0 Å². The van der Waals surface area contributed by atoms with Crippen LogP contribution < -0.4 is 14.4 Å². The van der Waals surface area contributed by atoms with Gasteiger partial charge < -0.3 is 14.0 Å². The van der Waals surface area contributed by atoms with Crippen molar-refractivity contribution in [2.75, 3.05) is 14.2 Å². The number of hydrogen-bond acceptors (Lipinski definition) is 4. The van der Waals surface area contributed by atoms with Gasteiger partial charge in [-0.2, -0.15) is 0 Å². The number of methoxy groups -OCH3 is 2. The smallest absolute Gasteiger partial charge is 0.431 e. The highest BCUT2D eigenvalue weighted by atomic mass is 16.8. The Labute approximate surface area is 57.3 Å². The molecule has 1 rings (SSSR count). The second-order valence-electron chi connectivity index (χ2n) is 1.56. The summed E-state index contributed by atoms with van der Waals surface area (Å²) >= 11 is 0. The molecule has 5 heteroatoms. The Kier molecular flexibility index (Phi) is 1.66. The summed E-state index contributed by atoms with van der Waals surface area (Å²) in [5, 5.41) is 10.6.